The van der Waals surface area contributed by atoms with Crippen molar-refractivity contribution in [3.05, 3.63) is 70.9 Å². The van der Waals surface area contributed by atoms with E-state index in [1.54, 1.807) is 6.07 Å². The summed E-state index contributed by atoms with van der Waals surface area (Å²) in [6.45, 7) is 0.765. The molecule has 31 heavy (non-hydrogen) atoms. The number of esters is 1. The molecule has 9 heteroatoms. The first kappa shape index (κ1) is 21.5. The number of carbonyl (C=O) groups is 1. The molecule has 1 fully saturated rings. The number of halogens is 1. The molecular weight excluding hydrogens is 440 g/mol. The van der Waals surface area contributed by atoms with Crippen LogP contribution in [0.3, 0.4) is 0 Å². The van der Waals surface area contributed by atoms with Crippen LogP contribution in [0.15, 0.2) is 64.0 Å². The SMILES string of the molecule is O=C(OCc1cc(-c2ccccc2)no1)c1ccc(Cl)c(S(=O)(=O)N2CCCCC2)c1. The lowest BCUT2D eigenvalue weighted by atomic mass is 10.1. The van der Waals surface area contributed by atoms with E-state index in [9.17, 15) is 13.2 Å². The summed E-state index contributed by atoms with van der Waals surface area (Å²) in [4.78, 5) is 12.4. The van der Waals surface area contributed by atoms with Crippen LogP contribution in [0.5, 0.6) is 0 Å². The fourth-order valence-corrected chi connectivity index (χ4v) is 5.44. The largest absolute Gasteiger partial charge is 0.454 e. The van der Waals surface area contributed by atoms with Crippen LogP contribution in [0.4, 0.5) is 0 Å². The summed E-state index contributed by atoms with van der Waals surface area (Å²) in [6.07, 6.45) is 2.61. The van der Waals surface area contributed by atoms with Crippen molar-refractivity contribution in [1.82, 2.24) is 9.46 Å². The van der Waals surface area contributed by atoms with Gasteiger partial charge in [-0.25, -0.2) is 13.2 Å². The van der Waals surface area contributed by atoms with Gasteiger partial charge in [0.05, 0.1) is 10.6 Å². The zero-order chi connectivity index (χ0) is 21.8. The number of carbonyl (C=O) groups excluding carboxylic acids is 1. The van der Waals surface area contributed by atoms with Gasteiger partial charge in [-0.3, -0.25) is 0 Å². The highest BCUT2D eigenvalue weighted by molar-refractivity contribution is 7.89. The van der Waals surface area contributed by atoms with Gasteiger partial charge in [0.2, 0.25) is 10.0 Å². The maximum absolute atomic E-state index is 13.0. The Labute approximate surface area is 185 Å². The van der Waals surface area contributed by atoms with Gasteiger partial charge in [-0.15, -0.1) is 0 Å². The molecule has 0 unspecified atom stereocenters. The lowest BCUT2D eigenvalue weighted by Gasteiger charge is -2.26. The summed E-state index contributed by atoms with van der Waals surface area (Å²) in [5.41, 5.74) is 1.62. The fourth-order valence-electron chi connectivity index (χ4n) is 3.42. The normalized spacial score (nSPS) is 15.0. The minimum absolute atomic E-state index is 0.0739. The van der Waals surface area contributed by atoms with Crippen LogP contribution in [0.2, 0.25) is 5.02 Å². The van der Waals surface area contributed by atoms with E-state index in [4.69, 9.17) is 20.9 Å². The van der Waals surface area contributed by atoms with Gasteiger partial charge in [-0.2, -0.15) is 4.31 Å². The van der Waals surface area contributed by atoms with Crippen molar-refractivity contribution in [2.24, 2.45) is 0 Å². The molecule has 0 spiro atoms. The second-order valence-corrected chi connectivity index (χ2v) is 9.54. The van der Waals surface area contributed by atoms with Crippen molar-refractivity contribution in [2.75, 3.05) is 13.1 Å². The number of rotatable bonds is 6. The molecule has 1 aromatic heterocycles. The zero-order valence-corrected chi connectivity index (χ0v) is 18.2. The van der Waals surface area contributed by atoms with E-state index < -0.39 is 16.0 Å². The number of hydrogen-bond donors (Lipinski definition) is 0. The maximum Gasteiger partial charge on any atom is 0.338 e. The third-order valence-corrected chi connectivity index (χ3v) is 7.45. The molecule has 7 nitrogen and oxygen atoms in total. The van der Waals surface area contributed by atoms with E-state index >= 15 is 0 Å². The monoisotopic (exact) mass is 460 g/mol. The van der Waals surface area contributed by atoms with Crippen LogP contribution in [-0.4, -0.2) is 36.9 Å². The van der Waals surface area contributed by atoms with Crippen LogP contribution >= 0.6 is 11.6 Å². The van der Waals surface area contributed by atoms with Crippen molar-refractivity contribution in [3.63, 3.8) is 0 Å². The summed E-state index contributed by atoms with van der Waals surface area (Å²) in [5.74, 6) is -0.299. The molecule has 1 aliphatic rings. The molecule has 3 aromatic rings. The van der Waals surface area contributed by atoms with Gasteiger partial charge in [0.25, 0.3) is 0 Å². The minimum Gasteiger partial charge on any atom is -0.454 e. The molecule has 0 N–H and O–H groups in total. The number of piperidine rings is 1. The van der Waals surface area contributed by atoms with Crippen LogP contribution in [0.25, 0.3) is 11.3 Å². The van der Waals surface area contributed by atoms with E-state index in [1.807, 2.05) is 30.3 Å². The molecule has 0 aliphatic carbocycles. The first-order chi connectivity index (χ1) is 14.9. The molecule has 2 aromatic carbocycles. The highest BCUT2D eigenvalue weighted by Gasteiger charge is 2.29. The third kappa shape index (κ3) is 4.81. The van der Waals surface area contributed by atoms with Gasteiger partial charge in [-0.1, -0.05) is 53.5 Å². The molecule has 1 saturated heterocycles. The summed E-state index contributed by atoms with van der Waals surface area (Å²) < 4.78 is 37.9. The van der Waals surface area contributed by atoms with Gasteiger partial charge in [0.15, 0.2) is 12.4 Å². The van der Waals surface area contributed by atoms with Crippen molar-refractivity contribution in [3.8, 4) is 11.3 Å². The first-order valence-corrected chi connectivity index (χ1v) is 11.7. The highest BCUT2D eigenvalue weighted by atomic mass is 35.5. The molecule has 0 amide bonds. The number of sulfonamides is 1. The number of hydrogen-bond acceptors (Lipinski definition) is 6. The number of nitrogens with zero attached hydrogens (tertiary/aromatic N) is 2. The number of aromatic nitrogens is 1. The van der Waals surface area contributed by atoms with Crippen LogP contribution in [0.1, 0.15) is 35.4 Å². The Morgan fingerprint density at radius 2 is 1.81 bits per heavy atom. The molecule has 4 rings (SSSR count). The average molecular weight is 461 g/mol. The van der Waals surface area contributed by atoms with E-state index in [-0.39, 0.29) is 22.1 Å². The first-order valence-electron chi connectivity index (χ1n) is 9.93. The van der Waals surface area contributed by atoms with Gasteiger partial charge in [-0.05, 0) is 31.0 Å². The van der Waals surface area contributed by atoms with Crippen molar-refractivity contribution >= 4 is 27.6 Å². The van der Waals surface area contributed by atoms with E-state index in [1.165, 1.54) is 22.5 Å². The lowest BCUT2D eigenvalue weighted by Crippen LogP contribution is -2.35. The van der Waals surface area contributed by atoms with Crippen LogP contribution in [0, 0.1) is 0 Å². The Morgan fingerprint density at radius 3 is 2.55 bits per heavy atom. The Balaban J connectivity index is 1.47. The molecule has 1 aliphatic heterocycles. The van der Waals surface area contributed by atoms with Crippen molar-refractivity contribution in [2.45, 2.75) is 30.8 Å². The summed E-state index contributed by atoms with van der Waals surface area (Å²) in [6, 6.07) is 15.3. The highest BCUT2D eigenvalue weighted by Crippen LogP contribution is 2.28. The standard InChI is InChI=1S/C22H21ClN2O5S/c23-19-10-9-17(13-21(19)31(27,28)25-11-5-2-6-12-25)22(26)29-15-18-14-20(24-30-18)16-7-3-1-4-8-16/h1,3-4,7-10,13-14H,2,5-6,11-12,15H2. The predicted octanol–water partition coefficient (Wildman–Crippen LogP) is 4.53. The number of ether oxygens (including phenoxy) is 1. The topological polar surface area (TPSA) is 89.7 Å². The predicted molar refractivity (Wildman–Crippen MR) is 115 cm³/mol. The Kier molecular flexibility index (Phi) is 6.41. The Hall–Kier alpha value is -2.68. The lowest BCUT2D eigenvalue weighted by molar-refractivity contribution is 0.0437. The van der Waals surface area contributed by atoms with Crippen molar-refractivity contribution in [1.29, 1.82) is 0 Å². The van der Waals surface area contributed by atoms with Crippen LogP contribution in [-0.2, 0) is 21.4 Å². The second kappa shape index (κ2) is 9.21. The van der Waals surface area contributed by atoms with E-state index in [0.717, 1.165) is 24.8 Å². The average Bonchev–Trinajstić information content (AvgIpc) is 3.28. The third-order valence-electron chi connectivity index (χ3n) is 5.07. The van der Waals surface area contributed by atoms with Gasteiger partial charge < -0.3 is 9.26 Å². The van der Waals surface area contributed by atoms with Gasteiger partial charge in [0, 0.05) is 24.7 Å². The Bertz CT molecular complexity index is 1170. The van der Waals surface area contributed by atoms with E-state index in [0.29, 0.717) is 24.5 Å². The summed E-state index contributed by atoms with van der Waals surface area (Å²) >= 11 is 6.16. The fraction of sp³-hybridized carbons (Fsp3) is 0.273. The van der Waals surface area contributed by atoms with Gasteiger partial charge in [0.1, 0.15) is 10.6 Å². The van der Waals surface area contributed by atoms with Crippen molar-refractivity contribution < 1.29 is 22.5 Å². The molecule has 0 bridgehead atoms. The Morgan fingerprint density at radius 1 is 1.06 bits per heavy atom. The van der Waals surface area contributed by atoms with E-state index in [2.05, 4.69) is 5.16 Å². The molecule has 0 atom stereocenters. The second-order valence-electron chi connectivity index (χ2n) is 7.23. The number of benzene rings is 2. The molecule has 0 saturated carbocycles. The van der Waals surface area contributed by atoms with Crippen LogP contribution < -0.4 is 0 Å². The molecule has 2 heterocycles. The molecule has 0 radical (unpaired) electrons. The smallest absolute Gasteiger partial charge is 0.338 e. The minimum atomic E-state index is -3.78. The summed E-state index contributed by atoms with van der Waals surface area (Å²) in [5, 5.41) is 4.05. The van der Waals surface area contributed by atoms with Gasteiger partial charge >= 0.3 is 5.97 Å². The maximum atomic E-state index is 13.0. The molecule has 162 valence electrons. The molecular formula is C22H21ClN2O5S. The quantitative estimate of drug-likeness (QED) is 0.502. The summed E-state index contributed by atoms with van der Waals surface area (Å²) in [7, 11) is -3.78. The zero-order valence-electron chi connectivity index (χ0n) is 16.7.